The number of carbonyl (C=O) groups excluding carboxylic acids is 1. The number of halogens is 1. The average molecular weight is 330 g/mol. The molecule has 1 aliphatic heterocycles. The zero-order chi connectivity index (χ0) is 16.2. The monoisotopic (exact) mass is 330 g/mol. The standard InChI is InChI=1S/C14H19FN2O4S/c1-2-21-14(18)11-16-6-8-17(9-7-16)22(19,20)13-5-3-4-12(15)10-13/h3-5,10H,2,6-9,11H2,1H3. The smallest absolute Gasteiger partial charge is 0.320 e. The summed E-state index contributed by atoms with van der Waals surface area (Å²) < 4.78 is 44.2. The normalized spacial score (nSPS) is 17.4. The van der Waals surface area contributed by atoms with Crippen molar-refractivity contribution in [3.05, 3.63) is 30.1 Å². The van der Waals surface area contributed by atoms with Gasteiger partial charge in [-0.1, -0.05) is 6.07 Å². The summed E-state index contributed by atoms with van der Waals surface area (Å²) in [6, 6.07) is 4.97. The third-order valence-electron chi connectivity index (χ3n) is 3.42. The van der Waals surface area contributed by atoms with Gasteiger partial charge in [0.1, 0.15) is 5.82 Å². The second-order valence-corrected chi connectivity index (χ2v) is 6.88. The first kappa shape index (κ1) is 16.9. The van der Waals surface area contributed by atoms with Crippen molar-refractivity contribution in [2.45, 2.75) is 11.8 Å². The lowest BCUT2D eigenvalue weighted by atomic mass is 10.3. The Balaban J connectivity index is 1.97. The molecule has 0 aromatic heterocycles. The van der Waals surface area contributed by atoms with Gasteiger partial charge in [-0.05, 0) is 25.1 Å². The summed E-state index contributed by atoms with van der Waals surface area (Å²) in [6.07, 6.45) is 0. The van der Waals surface area contributed by atoms with E-state index in [-0.39, 0.29) is 30.5 Å². The molecule has 1 aliphatic rings. The molecular formula is C14H19FN2O4S. The van der Waals surface area contributed by atoms with E-state index in [1.165, 1.54) is 22.5 Å². The fraction of sp³-hybridized carbons (Fsp3) is 0.500. The van der Waals surface area contributed by atoms with E-state index in [1.807, 2.05) is 4.90 Å². The molecule has 0 aliphatic carbocycles. The van der Waals surface area contributed by atoms with Crippen LogP contribution in [-0.4, -0.2) is 62.9 Å². The van der Waals surface area contributed by atoms with Gasteiger partial charge in [0.15, 0.2) is 0 Å². The Labute approximate surface area is 129 Å². The summed E-state index contributed by atoms with van der Waals surface area (Å²) in [4.78, 5) is 13.2. The first-order valence-corrected chi connectivity index (χ1v) is 8.51. The van der Waals surface area contributed by atoms with Crippen molar-refractivity contribution >= 4 is 16.0 Å². The number of esters is 1. The van der Waals surface area contributed by atoms with Gasteiger partial charge < -0.3 is 4.74 Å². The second kappa shape index (κ2) is 7.17. The minimum Gasteiger partial charge on any atom is -0.465 e. The SMILES string of the molecule is CCOC(=O)CN1CCN(S(=O)(=O)c2cccc(F)c2)CC1. The predicted octanol–water partition coefficient (Wildman–Crippen LogP) is 0.695. The summed E-state index contributed by atoms with van der Waals surface area (Å²) in [5.41, 5.74) is 0. The van der Waals surface area contributed by atoms with Crippen LogP contribution in [0.3, 0.4) is 0 Å². The Morgan fingerprint density at radius 2 is 1.95 bits per heavy atom. The number of hydrogen-bond donors (Lipinski definition) is 0. The van der Waals surface area contributed by atoms with E-state index in [0.29, 0.717) is 19.7 Å². The largest absolute Gasteiger partial charge is 0.465 e. The van der Waals surface area contributed by atoms with Crippen molar-refractivity contribution in [3.63, 3.8) is 0 Å². The highest BCUT2D eigenvalue weighted by Gasteiger charge is 2.29. The highest BCUT2D eigenvalue weighted by Crippen LogP contribution is 2.18. The van der Waals surface area contributed by atoms with Crippen LogP contribution in [0.1, 0.15) is 6.92 Å². The molecule has 1 saturated heterocycles. The number of rotatable bonds is 5. The lowest BCUT2D eigenvalue weighted by Crippen LogP contribution is -2.49. The minimum atomic E-state index is -3.70. The van der Waals surface area contributed by atoms with Gasteiger partial charge in [-0.15, -0.1) is 0 Å². The maximum Gasteiger partial charge on any atom is 0.320 e. The fourth-order valence-corrected chi connectivity index (χ4v) is 3.75. The van der Waals surface area contributed by atoms with Gasteiger partial charge in [-0.3, -0.25) is 9.69 Å². The number of sulfonamides is 1. The zero-order valence-electron chi connectivity index (χ0n) is 12.4. The maximum absolute atomic E-state index is 13.2. The first-order valence-electron chi connectivity index (χ1n) is 7.07. The Bertz CT molecular complexity index is 627. The van der Waals surface area contributed by atoms with Crippen LogP contribution in [0.4, 0.5) is 4.39 Å². The molecule has 0 atom stereocenters. The van der Waals surface area contributed by atoms with Crippen LogP contribution in [0, 0.1) is 5.82 Å². The highest BCUT2D eigenvalue weighted by atomic mass is 32.2. The van der Waals surface area contributed by atoms with E-state index < -0.39 is 15.8 Å². The van der Waals surface area contributed by atoms with E-state index in [0.717, 1.165) is 6.07 Å². The van der Waals surface area contributed by atoms with Crippen LogP contribution in [-0.2, 0) is 19.6 Å². The molecule has 1 fully saturated rings. The molecule has 22 heavy (non-hydrogen) atoms. The number of ether oxygens (including phenoxy) is 1. The molecule has 0 spiro atoms. The second-order valence-electron chi connectivity index (χ2n) is 4.94. The van der Waals surface area contributed by atoms with Gasteiger partial charge >= 0.3 is 5.97 Å². The number of nitrogens with zero attached hydrogens (tertiary/aromatic N) is 2. The van der Waals surface area contributed by atoms with Gasteiger partial charge in [-0.25, -0.2) is 12.8 Å². The molecule has 0 radical (unpaired) electrons. The quantitative estimate of drug-likeness (QED) is 0.744. The summed E-state index contributed by atoms with van der Waals surface area (Å²) in [6.45, 7) is 3.62. The van der Waals surface area contributed by atoms with Crippen molar-refractivity contribution in [2.24, 2.45) is 0 Å². The van der Waals surface area contributed by atoms with E-state index in [2.05, 4.69) is 0 Å². The van der Waals surface area contributed by atoms with Gasteiger partial charge in [0.05, 0.1) is 18.0 Å². The first-order chi connectivity index (χ1) is 10.4. The van der Waals surface area contributed by atoms with Crippen LogP contribution in [0.15, 0.2) is 29.2 Å². The van der Waals surface area contributed by atoms with Crippen LogP contribution in [0.2, 0.25) is 0 Å². The van der Waals surface area contributed by atoms with E-state index in [1.54, 1.807) is 6.92 Å². The van der Waals surface area contributed by atoms with Crippen molar-refractivity contribution < 1.29 is 22.3 Å². The highest BCUT2D eigenvalue weighted by molar-refractivity contribution is 7.89. The average Bonchev–Trinajstić information content (AvgIpc) is 2.48. The van der Waals surface area contributed by atoms with E-state index >= 15 is 0 Å². The molecule has 2 rings (SSSR count). The molecule has 6 nitrogen and oxygen atoms in total. The van der Waals surface area contributed by atoms with Crippen molar-refractivity contribution in [2.75, 3.05) is 39.3 Å². The molecular weight excluding hydrogens is 311 g/mol. The Morgan fingerprint density at radius 1 is 1.27 bits per heavy atom. The number of piperazine rings is 1. The summed E-state index contributed by atoms with van der Waals surface area (Å²) in [7, 11) is -3.70. The molecule has 1 aromatic carbocycles. The number of benzene rings is 1. The van der Waals surface area contributed by atoms with Gasteiger partial charge in [0.2, 0.25) is 10.0 Å². The van der Waals surface area contributed by atoms with Crippen LogP contribution >= 0.6 is 0 Å². The zero-order valence-corrected chi connectivity index (χ0v) is 13.2. The molecule has 8 heteroatoms. The van der Waals surface area contributed by atoms with Gasteiger partial charge in [-0.2, -0.15) is 4.31 Å². The van der Waals surface area contributed by atoms with Crippen LogP contribution < -0.4 is 0 Å². The molecule has 0 saturated carbocycles. The minimum absolute atomic E-state index is 0.0497. The van der Waals surface area contributed by atoms with Crippen LogP contribution in [0.25, 0.3) is 0 Å². The Hall–Kier alpha value is -1.51. The molecule has 1 aromatic rings. The molecule has 0 N–H and O–H groups in total. The summed E-state index contributed by atoms with van der Waals surface area (Å²) >= 11 is 0. The van der Waals surface area contributed by atoms with Gasteiger partial charge in [0.25, 0.3) is 0 Å². The number of carbonyl (C=O) groups is 1. The predicted molar refractivity (Wildman–Crippen MR) is 78.2 cm³/mol. The third kappa shape index (κ3) is 4.02. The lowest BCUT2D eigenvalue weighted by Gasteiger charge is -2.33. The van der Waals surface area contributed by atoms with Crippen LogP contribution in [0.5, 0.6) is 0 Å². The van der Waals surface area contributed by atoms with Gasteiger partial charge in [0, 0.05) is 26.2 Å². The van der Waals surface area contributed by atoms with E-state index in [4.69, 9.17) is 4.74 Å². The molecule has 0 bridgehead atoms. The Kier molecular flexibility index (Phi) is 5.49. The lowest BCUT2D eigenvalue weighted by molar-refractivity contribution is -0.144. The summed E-state index contributed by atoms with van der Waals surface area (Å²) in [5.74, 6) is -0.897. The van der Waals surface area contributed by atoms with Crippen molar-refractivity contribution in [3.8, 4) is 0 Å². The van der Waals surface area contributed by atoms with E-state index in [9.17, 15) is 17.6 Å². The maximum atomic E-state index is 13.2. The number of hydrogen-bond acceptors (Lipinski definition) is 5. The molecule has 1 heterocycles. The third-order valence-corrected chi connectivity index (χ3v) is 5.32. The van der Waals surface area contributed by atoms with Crippen molar-refractivity contribution in [1.29, 1.82) is 0 Å². The molecule has 122 valence electrons. The topological polar surface area (TPSA) is 66.9 Å². The fourth-order valence-electron chi connectivity index (χ4n) is 2.29. The molecule has 0 unspecified atom stereocenters. The Morgan fingerprint density at radius 3 is 2.55 bits per heavy atom. The summed E-state index contributed by atoms with van der Waals surface area (Å²) in [5, 5.41) is 0. The van der Waals surface area contributed by atoms with Crippen molar-refractivity contribution in [1.82, 2.24) is 9.21 Å². The molecule has 0 amide bonds.